The second-order valence-corrected chi connectivity index (χ2v) is 6.33. The second-order valence-electron chi connectivity index (χ2n) is 5.48. The van der Waals surface area contributed by atoms with Gasteiger partial charge in [0.15, 0.2) is 5.69 Å². The molecule has 5 nitrogen and oxygen atoms in total. The minimum Gasteiger partial charge on any atom is -0.756 e. The van der Waals surface area contributed by atoms with Crippen molar-refractivity contribution in [2.45, 2.75) is 13.3 Å². The molecule has 21 heavy (non-hydrogen) atoms. The van der Waals surface area contributed by atoms with Gasteiger partial charge in [0.25, 0.3) is 0 Å². The van der Waals surface area contributed by atoms with E-state index in [1.165, 1.54) is 4.41 Å². The molecule has 2 rings (SSSR count). The Kier molecular flexibility index (Phi) is 4.63. The van der Waals surface area contributed by atoms with E-state index >= 15 is 0 Å². The van der Waals surface area contributed by atoms with E-state index in [1.807, 2.05) is 57.4 Å². The molecule has 2 aromatic carbocycles. The van der Waals surface area contributed by atoms with Crippen LogP contribution < -0.4 is 10.3 Å². The fourth-order valence-electron chi connectivity index (χ4n) is 2.40. The number of quaternary nitrogens is 1. The summed E-state index contributed by atoms with van der Waals surface area (Å²) in [6.45, 7) is 2.44. The molecule has 6 heteroatoms. The number of hydrogen-bond acceptors (Lipinski definition) is 3. The van der Waals surface area contributed by atoms with E-state index in [-0.39, 0.29) is 4.59 Å². The lowest BCUT2D eigenvalue weighted by Gasteiger charge is -2.39. The molecule has 2 N–H and O–H groups in total. The molecular formula is C15H21N3O2S. The number of anilines is 1. The Hall–Kier alpha value is -1.47. The van der Waals surface area contributed by atoms with Crippen LogP contribution in [0.15, 0.2) is 36.4 Å². The first-order valence-corrected chi connectivity index (χ1v) is 7.90. The molecule has 0 spiro atoms. The highest BCUT2D eigenvalue weighted by atomic mass is 32.2. The summed E-state index contributed by atoms with van der Waals surface area (Å²) < 4.78 is 24.6. The van der Waals surface area contributed by atoms with Gasteiger partial charge in [-0.15, -0.1) is 0 Å². The first kappa shape index (κ1) is 15.9. The van der Waals surface area contributed by atoms with Crippen LogP contribution in [0.2, 0.25) is 0 Å². The molecule has 0 aliphatic rings. The molecule has 0 radical (unpaired) electrons. The molecule has 114 valence electrons. The number of hydrogen-bond donors (Lipinski definition) is 1. The van der Waals surface area contributed by atoms with Gasteiger partial charge in [0.1, 0.15) is 0 Å². The van der Waals surface area contributed by atoms with Crippen LogP contribution in [0.25, 0.3) is 10.8 Å². The average molecular weight is 307 g/mol. The maximum atomic E-state index is 11.5. The topological polar surface area (TPSA) is 69.4 Å². The zero-order chi connectivity index (χ0) is 15.6. The quantitative estimate of drug-likeness (QED) is 0.399. The van der Waals surface area contributed by atoms with Crippen molar-refractivity contribution in [3.63, 3.8) is 0 Å². The Labute approximate surface area is 127 Å². The first-order chi connectivity index (χ1) is 9.86. The van der Waals surface area contributed by atoms with Gasteiger partial charge in [0.2, 0.25) is 0 Å². The van der Waals surface area contributed by atoms with Crippen LogP contribution in [0.5, 0.6) is 0 Å². The summed E-state index contributed by atoms with van der Waals surface area (Å²) in [5.74, 6) is 0. The number of rotatable bonds is 5. The third-order valence-electron chi connectivity index (χ3n) is 3.62. The van der Waals surface area contributed by atoms with E-state index in [4.69, 9.17) is 5.73 Å². The third-order valence-corrected chi connectivity index (χ3v) is 4.56. The summed E-state index contributed by atoms with van der Waals surface area (Å²) in [4.78, 5) is 0. The van der Waals surface area contributed by atoms with Crippen LogP contribution >= 0.6 is 0 Å². The Morgan fingerprint density at radius 1 is 1.19 bits per heavy atom. The molecule has 0 bridgehead atoms. The summed E-state index contributed by atoms with van der Waals surface area (Å²) in [6.07, 6.45) is 0.764. The molecule has 1 unspecified atom stereocenters. The van der Waals surface area contributed by atoms with E-state index in [0.29, 0.717) is 6.54 Å². The lowest BCUT2D eigenvalue weighted by atomic mass is 10.1. The van der Waals surface area contributed by atoms with Crippen LogP contribution in [-0.4, -0.2) is 33.8 Å². The number of nitrogens with zero attached hydrogens (tertiary/aromatic N) is 2. The molecule has 0 fully saturated rings. The lowest BCUT2D eigenvalue weighted by molar-refractivity contribution is 0.126. The summed E-state index contributed by atoms with van der Waals surface area (Å²) in [6, 6.07) is 11.6. The van der Waals surface area contributed by atoms with Gasteiger partial charge >= 0.3 is 0 Å². The van der Waals surface area contributed by atoms with Gasteiger partial charge in [0.05, 0.1) is 31.9 Å². The molecule has 0 aliphatic heterocycles. The number of nitrogens with two attached hydrogens (primary N) is 1. The second kappa shape index (κ2) is 6.11. The summed E-state index contributed by atoms with van der Waals surface area (Å²) in [5, 5.41) is 2.09. The zero-order valence-corrected chi connectivity index (χ0v) is 13.4. The van der Waals surface area contributed by atoms with E-state index in [9.17, 15) is 8.76 Å². The number of nitrogen functional groups attached to an aromatic ring is 1. The molecule has 0 saturated heterocycles. The van der Waals surface area contributed by atoms with Gasteiger partial charge < -0.3 is 10.3 Å². The largest absolute Gasteiger partial charge is 0.756 e. The third kappa shape index (κ3) is 3.24. The van der Waals surface area contributed by atoms with Gasteiger partial charge in [-0.1, -0.05) is 17.4 Å². The Morgan fingerprint density at radius 3 is 2.43 bits per heavy atom. The molecule has 2 aromatic rings. The molecule has 0 saturated carbocycles. The van der Waals surface area contributed by atoms with Crippen molar-refractivity contribution in [2.75, 3.05) is 26.4 Å². The molecule has 0 heterocycles. The monoisotopic (exact) mass is 307 g/mol. The van der Waals surface area contributed by atoms with Crippen LogP contribution in [0.3, 0.4) is 0 Å². The maximum absolute atomic E-state index is 11.5. The molecule has 0 amide bonds. The normalized spacial score (nSPS) is 13.8. The molecule has 0 aromatic heterocycles. The maximum Gasteiger partial charge on any atom is 0.153 e. The molecule has 1 atom stereocenters. The Bertz CT molecular complexity index is 673. The highest BCUT2D eigenvalue weighted by Gasteiger charge is 2.29. The van der Waals surface area contributed by atoms with Crippen molar-refractivity contribution in [2.24, 2.45) is 0 Å². The first-order valence-electron chi connectivity index (χ1n) is 6.87. The van der Waals surface area contributed by atoms with Gasteiger partial charge in [-0.25, -0.2) is 4.59 Å². The van der Waals surface area contributed by atoms with Crippen molar-refractivity contribution in [1.82, 2.24) is 9.01 Å². The Morgan fingerprint density at radius 2 is 1.81 bits per heavy atom. The van der Waals surface area contributed by atoms with Crippen molar-refractivity contribution in [3.05, 3.63) is 36.4 Å². The number of benzene rings is 2. The van der Waals surface area contributed by atoms with Crippen LogP contribution in [-0.2, 0) is 11.3 Å². The van der Waals surface area contributed by atoms with Crippen molar-refractivity contribution < 1.29 is 8.76 Å². The zero-order valence-electron chi connectivity index (χ0n) is 12.6. The van der Waals surface area contributed by atoms with Crippen molar-refractivity contribution in [3.8, 4) is 0 Å². The van der Waals surface area contributed by atoms with E-state index in [1.54, 1.807) is 0 Å². The summed E-state index contributed by atoms with van der Waals surface area (Å²) in [5.41, 5.74) is 7.41. The molecule has 0 aliphatic carbocycles. The minimum absolute atomic E-state index is 0.157. The smallest absolute Gasteiger partial charge is 0.153 e. The van der Waals surface area contributed by atoms with E-state index in [0.717, 1.165) is 28.6 Å². The van der Waals surface area contributed by atoms with Gasteiger partial charge in [-0.3, -0.25) is 4.21 Å². The van der Waals surface area contributed by atoms with E-state index in [2.05, 4.69) is 0 Å². The predicted octanol–water partition coefficient (Wildman–Crippen LogP) is 2.41. The van der Waals surface area contributed by atoms with Gasteiger partial charge in [-0.05, 0) is 35.4 Å². The van der Waals surface area contributed by atoms with Gasteiger partial charge in [-0.2, -0.15) is 0 Å². The van der Waals surface area contributed by atoms with Crippen LogP contribution in [0.4, 0.5) is 11.4 Å². The SMILES string of the molecule is CCCN(S(=O)[O-])[N+](C)(C)c1ccc2cc(N)ccc2c1. The lowest BCUT2D eigenvalue weighted by Crippen LogP contribution is -2.56. The number of fused-ring (bicyclic) bond motifs is 1. The van der Waals surface area contributed by atoms with Crippen LogP contribution in [0, 0.1) is 0 Å². The highest BCUT2D eigenvalue weighted by molar-refractivity contribution is 7.76. The van der Waals surface area contributed by atoms with Crippen molar-refractivity contribution in [1.29, 1.82) is 0 Å². The standard InChI is InChI=1S/C15H21N3O2S/c1-4-9-17(21(19)20)18(2,3)15-8-6-12-10-14(16)7-5-13(12)11-15/h5-8,10-11H,4,9,16H2,1-3H3. The average Bonchev–Trinajstić information content (AvgIpc) is 2.43. The summed E-state index contributed by atoms with van der Waals surface area (Å²) in [7, 11) is 3.73. The van der Waals surface area contributed by atoms with Crippen molar-refractivity contribution >= 4 is 33.4 Å². The highest BCUT2D eigenvalue weighted by Crippen LogP contribution is 2.28. The summed E-state index contributed by atoms with van der Waals surface area (Å²) >= 11 is -2.27. The van der Waals surface area contributed by atoms with Crippen LogP contribution in [0.1, 0.15) is 13.3 Å². The molecular weight excluding hydrogens is 286 g/mol. The minimum atomic E-state index is -2.27. The Balaban J connectivity index is 2.47. The predicted molar refractivity (Wildman–Crippen MR) is 87.9 cm³/mol. The van der Waals surface area contributed by atoms with Gasteiger partial charge in [0, 0.05) is 17.8 Å². The fraction of sp³-hybridized carbons (Fsp3) is 0.333. The van der Waals surface area contributed by atoms with E-state index < -0.39 is 11.3 Å². The fourth-order valence-corrected chi connectivity index (χ4v) is 3.16.